The second-order valence-corrected chi connectivity index (χ2v) is 7.75. The Morgan fingerprint density at radius 3 is 2.05 bits per heavy atom. The van der Waals surface area contributed by atoms with Crippen molar-refractivity contribution in [3.63, 3.8) is 0 Å². The molecule has 1 fully saturated rings. The van der Waals surface area contributed by atoms with Gasteiger partial charge >= 0.3 is 14.7 Å². The van der Waals surface area contributed by atoms with E-state index in [9.17, 15) is 14.4 Å². The van der Waals surface area contributed by atoms with E-state index in [0.717, 1.165) is 0 Å². The van der Waals surface area contributed by atoms with Gasteiger partial charge in [0.2, 0.25) is 0 Å². The molecule has 0 unspecified atom stereocenters. The molecule has 5 nitrogen and oxygen atoms in total. The average Bonchev–Trinajstić information content (AvgIpc) is 2.47. The summed E-state index contributed by atoms with van der Waals surface area (Å²) >= 11 is 0. The summed E-state index contributed by atoms with van der Waals surface area (Å²) in [5.74, 6) is 0. The molecule has 1 aromatic carbocycles. The first-order valence-electron chi connectivity index (χ1n) is 6.46. The summed E-state index contributed by atoms with van der Waals surface area (Å²) in [4.78, 5) is 18.7. The Balaban J connectivity index is 2.40. The second-order valence-electron chi connectivity index (χ2n) is 6.18. The van der Waals surface area contributed by atoms with E-state index in [2.05, 4.69) is 0 Å². The number of hydrogen-bond donors (Lipinski definition) is 2. The summed E-state index contributed by atoms with van der Waals surface area (Å²) in [6.45, 7) is 9.41. The lowest BCUT2D eigenvalue weighted by Crippen LogP contribution is -2.41. The van der Waals surface area contributed by atoms with Crippen LogP contribution in [0, 0.1) is 6.92 Å². The molecule has 1 saturated heterocycles. The largest absolute Gasteiger partial charge is 0.494 e. The SMILES string of the molecule is Cc1ccc(B2OC(C)(C)C(C)(C)O2)cc1P(=O)(O)O. The lowest BCUT2D eigenvalue weighted by atomic mass is 9.79. The molecule has 1 aliphatic heterocycles. The minimum atomic E-state index is -4.30. The van der Waals surface area contributed by atoms with Gasteiger partial charge in [0.1, 0.15) is 0 Å². The first-order chi connectivity index (χ1) is 8.94. The predicted octanol–water partition coefficient (Wildman–Crippen LogP) is 1.10. The number of rotatable bonds is 2. The molecule has 1 aliphatic rings. The Morgan fingerprint density at radius 1 is 1.10 bits per heavy atom. The van der Waals surface area contributed by atoms with E-state index in [0.29, 0.717) is 11.0 Å². The molecule has 1 heterocycles. The Morgan fingerprint density at radius 2 is 1.60 bits per heavy atom. The van der Waals surface area contributed by atoms with Crippen molar-refractivity contribution >= 4 is 25.5 Å². The number of hydrogen-bond acceptors (Lipinski definition) is 3. The molecular formula is C13H20BO5P. The third-order valence-corrected chi connectivity index (χ3v) is 5.18. The molecular weight excluding hydrogens is 278 g/mol. The van der Waals surface area contributed by atoms with Crippen molar-refractivity contribution in [3.05, 3.63) is 23.8 Å². The molecule has 2 rings (SSSR count). The summed E-state index contributed by atoms with van der Waals surface area (Å²) in [5.41, 5.74) is 0.210. The minimum Gasteiger partial charge on any atom is -0.399 e. The summed E-state index contributed by atoms with van der Waals surface area (Å²) in [7, 11) is -4.92. The average molecular weight is 298 g/mol. The van der Waals surface area contributed by atoms with E-state index in [1.54, 1.807) is 19.1 Å². The van der Waals surface area contributed by atoms with Crippen LogP contribution in [0.5, 0.6) is 0 Å². The van der Waals surface area contributed by atoms with Crippen molar-refractivity contribution in [2.75, 3.05) is 0 Å². The molecule has 0 radical (unpaired) electrons. The van der Waals surface area contributed by atoms with Gasteiger partial charge in [0, 0.05) is 0 Å². The van der Waals surface area contributed by atoms with Crippen LogP contribution in [0.2, 0.25) is 0 Å². The third-order valence-electron chi connectivity index (χ3n) is 4.07. The highest BCUT2D eigenvalue weighted by Crippen LogP contribution is 2.37. The van der Waals surface area contributed by atoms with E-state index >= 15 is 0 Å². The molecule has 0 bridgehead atoms. The van der Waals surface area contributed by atoms with Gasteiger partial charge in [-0.2, -0.15) is 0 Å². The molecule has 0 atom stereocenters. The van der Waals surface area contributed by atoms with Gasteiger partial charge < -0.3 is 19.1 Å². The van der Waals surface area contributed by atoms with Gasteiger partial charge in [0.15, 0.2) is 0 Å². The van der Waals surface area contributed by atoms with E-state index in [1.165, 1.54) is 6.07 Å². The monoisotopic (exact) mass is 298 g/mol. The van der Waals surface area contributed by atoms with Crippen LogP contribution in [0.3, 0.4) is 0 Å². The molecule has 2 N–H and O–H groups in total. The Kier molecular flexibility index (Phi) is 3.69. The fourth-order valence-corrected chi connectivity index (χ4v) is 2.92. The highest BCUT2D eigenvalue weighted by Gasteiger charge is 2.51. The molecule has 0 aromatic heterocycles. The standard InChI is InChI=1S/C13H20BO5P/c1-9-6-7-10(8-11(9)20(15,16)17)14-18-12(2,3)13(4,5)19-14/h6-8H,1-5H3,(H2,15,16,17). The fourth-order valence-electron chi connectivity index (χ4n) is 2.07. The van der Waals surface area contributed by atoms with Crippen molar-refractivity contribution in [2.45, 2.75) is 45.8 Å². The van der Waals surface area contributed by atoms with Crippen LogP contribution in [-0.2, 0) is 13.9 Å². The molecule has 0 aliphatic carbocycles. The molecule has 7 heteroatoms. The minimum absolute atomic E-state index is 0.0183. The van der Waals surface area contributed by atoms with Crippen molar-refractivity contribution in [1.82, 2.24) is 0 Å². The molecule has 0 saturated carbocycles. The maximum atomic E-state index is 11.5. The van der Waals surface area contributed by atoms with E-state index in [-0.39, 0.29) is 5.30 Å². The predicted molar refractivity (Wildman–Crippen MR) is 78.6 cm³/mol. The van der Waals surface area contributed by atoms with Gasteiger partial charge in [-0.1, -0.05) is 12.1 Å². The normalized spacial score (nSPS) is 21.2. The zero-order valence-corrected chi connectivity index (χ0v) is 13.3. The lowest BCUT2D eigenvalue weighted by molar-refractivity contribution is 0.00578. The fraction of sp³-hybridized carbons (Fsp3) is 0.538. The summed E-state index contributed by atoms with van der Waals surface area (Å²) in [5, 5.41) is 0.0183. The van der Waals surface area contributed by atoms with Gasteiger partial charge in [-0.25, -0.2) is 0 Å². The van der Waals surface area contributed by atoms with Gasteiger partial charge in [-0.3, -0.25) is 4.57 Å². The van der Waals surface area contributed by atoms with Crippen LogP contribution in [0.25, 0.3) is 0 Å². The van der Waals surface area contributed by atoms with Gasteiger partial charge in [0.25, 0.3) is 0 Å². The van der Waals surface area contributed by atoms with Gasteiger partial charge in [0.05, 0.1) is 16.5 Å². The highest BCUT2D eigenvalue weighted by molar-refractivity contribution is 7.60. The van der Waals surface area contributed by atoms with Crippen molar-refractivity contribution in [3.8, 4) is 0 Å². The van der Waals surface area contributed by atoms with E-state index in [1.807, 2.05) is 27.7 Å². The molecule has 0 amide bonds. The van der Waals surface area contributed by atoms with E-state index in [4.69, 9.17) is 9.31 Å². The zero-order chi connectivity index (χ0) is 15.3. The number of benzene rings is 1. The summed E-state index contributed by atoms with van der Waals surface area (Å²) < 4.78 is 23.3. The molecule has 0 spiro atoms. The summed E-state index contributed by atoms with van der Waals surface area (Å²) in [6, 6.07) is 4.92. The Hall–Kier alpha value is -0.645. The van der Waals surface area contributed by atoms with Crippen LogP contribution in [0.1, 0.15) is 33.3 Å². The van der Waals surface area contributed by atoms with Crippen molar-refractivity contribution < 1.29 is 23.7 Å². The Bertz CT molecular complexity index is 562. The highest BCUT2D eigenvalue weighted by atomic mass is 31.2. The van der Waals surface area contributed by atoms with Crippen LogP contribution in [0.4, 0.5) is 0 Å². The maximum Gasteiger partial charge on any atom is 0.494 e. The smallest absolute Gasteiger partial charge is 0.399 e. The molecule has 1 aromatic rings. The van der Waals surface area contributed by atoms with Crippen LogP contribution >= 0.6 is 7.60 Å². The van der Waals surface area contributed by atoms with Crippen molar-refractivity contribution in [2.24, 2.45) is 0 Å². The first kappa shape index (κ1) is 15.7. The maximum absolute atomic E-state index is 11.5. The molecule has 20 heavy (non-hydrogen) atoms. The summed E-state index contributed by atoms with van der Waals surface area (Å²) in [6.07, 6.45) is 0. The van der Waals surface area contributed by atoms with Crippen LogP contribution in [-0.4, -0.2) is 28.1 Å². The van der Waals surface area contributed by atoms with Gasteiger partial charge in [-0.05, 0) is 51.7 Å². The Labute approximate surface area is 119 Å². The van der Waals surface area contributed by atoms with Crippen LogP contribution < -0.4 is 10.8 Å². The van der Waals surface area contributed by atoms with E-state index < -0.39 is 25.9 Å². The van der Waals surface area contributed by atoms with Gasteiger partial charge in [-0.15, -0.1) is 0 Å². The second kappa shape index (κ2) is 4.68. The number of aryl methyl sites for hydroxylation is 1. The lowest BCUT2D eigenvalue weighted by Gasteiger charge is -2.32. The van der Waals surface area contributed by atoms with Crippen LogP contribution in [0.15, 0.2) is 18.2 Å². The van der Waals surface area contributed by atoms with Crippen molar-refractivity contribution in [1.29, 1.82) is 0 Å². The quantitative estimate of drug-likeness (QED) is 0.631. The third kappa shape index (κ3) is 2.71. The molecule has 110 valence electrons. The first-order valence-corrected chi connectivity index (χ1v) is 8.07. The topological polar surface area (TPSA) is 76.0 Å². The zero-order valence-electron chi connectivity index (χ0n) is 12.4.